The zero-order valence-electron chi connectivity index (χ0n) is 8.85. The third-order valence-corrected chi connectivity index (χ3v) is 3.81. The van der Waals surface area contributed by atoms with E-state index >= 15 is 0 Å². The monoisotopic (exact) mass is 226 g/mol. The topological polar surface area (TPSA) is 45.1 Å². The van der Waals surface area contributed by atoms with E-state index in [9.17, 15) is 5.11 Å². The maximum absolute atomic E-state index is 9.38. The van der Waals surface area contributed by atoms with Gasteiger partial charge in [-0.2, -0.15) is 0 Å². The first kappa shape index (κ1) is 11.0. The molecule has 0 bridgehead atoms. The quantitative estimate of drug-likeness (QED) is 0.822. The average molecular weight is 226 g/mol. The Hall–Kier alpha value is -0.450. The van der Waals surface area contributed by atoms with Gasteiger partial charge in [-0.05, 0) is 38.1 Å². The van der Waals surface area contributed by atoms with Gasteiger partial charge in [-0.25, -0.2) is 0 Å². The Balaban J connectivity index is 1.62. The highest BCUT2D eigenvalue weighted by Gasteiger charge is 2.18. The lowest BCUT2D eigenvalue weighted by Gasteiger charge is -2.25. The number of aromatic nitrogens is 1. The Labute approximate surface area is 94.5 Å². The Morgan fingerprint density at radius 2 is 2.20 bits per heavy atom. The lowest BCUT2D eigenvalue weighted by atomic mass is 9.87. The molecule has 2 rings (SSSR count). The Morgan fingerprint density at radius 3 is 2.87 bits per heavy atom. The molecule has 0 unspecified atom stereocenters. The van der Waals surface area contributed by atoms with Crippen LogP contribution in [0.4, 0.5) is 0 Å². The van der Waals surface area contributed by atoms with Crippen molar-refractivity contribution in [2.75, 3.05) is 6.54 Å². The maximum Gasteiger partial charge on any atom is 0.0794 e. The van der Waals surface area contributed by atoms with Crippen LogP contribution in [0.25, 0.3) is 0 Å². The van der Waals surface area contributed by atoms with E-state index in [1.807, 2.05) is 11.7 Å². The second-order valence-corrected chi connectivity index (χ2v) is 5.24. The minimum Gasteiger partial charge on any atom is -0.393 e. The summed E-state index contributed by atoms with van der Waals surface area (Å²) in [6, 6.07) is 0. The van der Waals surface area contributed by atoms with Gasteiger partial charge in [-0.1, -0.05) is 0 Å². The van der Waals surface area contributed by atoms with Gasteiger partial charge in [0, 0.05) is 17.6 Å². The van der Waals surface area contributed by atoms with E-state index in [0.29, 0.717) is 0 Å². The number of rotatable bonds is 4. The molecule has 0 aromatic carbocycles. The van der Waals surface area contributed by atoms with Crippen molar-refractivity contribution in [3.05, 3.63) is 16.6 Å². The van der Waals surface area contributed by atoms with E-state index in [-0.39, 0.29) is 6.10 Å². The predicted molar refractivity (Wildman–Crippen MR) is 61.8 cm³/mol. The fourth-order valence-electron chi connectivity index (χ4n) is 2.08. The van der Waals surface area contributed by atoms with Gasteiger partial charge in [0.05, 0.1) is 11.6 Å². The van der Waals surface area contributed by atoms with E-state index in [4.69, 9.17) is 0 Å². The zero-order chi connectivity index (χ0) is 10.5. The van der Waals surface area contributed by atoms with Gasteiger partial charge in [-0.3, -0.25) is 4.98 Å². The normalized spacial score (nSPS) is 26.7. The first-order chi connectivity index (χ1) is 7.34. The van der Waals surface area contributed by atoms with E-state index in [0.717, 1.165) is 44.7 Å². The fourth-order valence-corrected chi connectivity index (χ4v) is 2.64. The summed E-state index contributed by atoms with van der Waals surface area (Å²) in [5.74, 6) is 0.751. The standard InChI is InChI=1S/C11H18N2OS/c14-10-3-1-9(2-4-10)5-12-6-11-7-13-8-15-11/h7-10,12,14H,1-6H2. The highest BCUT2D eigenvalue weighted by atomic mass is 32.1. The minimum absolute atomic E-state index is 0.0391. The molecule has 1 fully saturated rings. The summed E-state index contributed by atoms with van der Waals surface area (Å²) in [7, 11) is 0. The van der Waals surface area contributed by atoms with Crippen molar-refractivity contribution in [1.82, 2.24) is 10.3 Å². The van der Waals surface area contributed by atoms with Crippen LogP contribution in [0, 0.1) is 5.92 Å². The van der Waals surface area contributed by atoms with Crippen molar-refractivity contribution < 1.29 is 5.11 Å². The summed E-state index contributed by atoms with van der Waals surface area (Å²) < 4.78 is 0. The smallest absolute Gasteiger partial charge is 0.0794 e. The highest BCUT2D eigenvalue weighted by molar-refractivity contribution is 7.09. The Kier molecular flexibility index (Phi) is 4.11. The molecule has 2 N–H and O–H groups in total. The summed E-state index contributed by atoms with van der Waals surface area (Å²) in [5.41, 5.74) is 1.87. The minimum atomic E-state index is -0.0391. The van der Waals surface area contributed by atoms with E-state index < -0.39 is 0 Å². The molecule has 0 saturated heterocycles. The maximum atomic E-state index is 9.38. The average Bonchev–Trinajstić information content (AvgIpc) is 2.74. The molecule has 1 saturated carbocycles. The molecule has 1 heterocycles. The Bertz CT molecular complexity index is 268. The summed E-state index contributed by atoms with van der Waals surface area (Å²) in [6.07, 6.45) is 6.17. The molecule has 84 valence electrons. The van der Waals surface area contributed by atoms with Crippen molar-refractivity contribution in [1.29, 1.82) is 0 Å². The number of thiazole rings is 1. The highest BCUT2D eigenvalue weighted by Crippen LogP contribution is 2.23. The van der Waals surface area contributed by atoms with Crippen LogP contribution in [0.15, 0.2) is 11.7 Å². The summed E-state index contributed by atoms with van der Waals surface area (Å²) in [5, 5.41) is 12.8. The third kappa shape index (κ3) is 3.55. The molecule has 0 amide bonds. The molecule has 4 heteroatoms. The Morgan fingerprint density at radius 1 is 1.40 bits per heavy atom. The van der Waals surface area contributed by atoms with Gasteiger partial charge in [-0.15, -0.1) is 11.3 Å². The first-order valence-electron chi connectivity index (χ1n) is 5.60. The predicted octanol–water partition coefficient (Wildman–Crippen LogP) is 1.78. The van der Waals surface area contributed by atoms with Crippen molar-refractivity contribution in [2.45, 2.75) is 38.3 Å². The van der Waals surface area contributed by atoms with Gasteiger partial charge < -0.3 is 10.4 Å². The van der Waals surface area contributed by atoms with Crippen molar-refractivity contribution in [2.24, 2.45) is 5.92 Å². The third-order valence-electron chi connectivity index (χ3n) is 3.03. The van der Waals surface area contributed by atoms with Gasteiger partial charge in [0.15, 0.2) is 0 Å². The molecular formula is C11H18N2OS. The van der Waals surface area contributed by atoms with Crippen LogP contribution in [0.1, 0.15) is 30.6 Å². The molecule has 0 radical (unpaired) electrons. The molecule has 15 heavy (non-hydrogen) atoms. The number of aliphatic hydroxyl groups is 1. The van der Waals surface area contributed by atoms with E-state index in [1.165, 1.54) is 4.88 Å². The summed E-state index contributed by atoms with van der Waals surface area (Å²) >= 11 is 1.70. The number of nitrogens with zero attached hydrogens (tertiary/aromatic N) is 1. The number of aliphatic hydroxyl groups excluding tert-OH is 1. The largest absolute Gasteiger partial charge is 0.393 e. The van der Waals surface area contributed by atoms with Crippen LogP contribution in [-0.2, 0) is 6.54 Å². The number of hydrogen-bond donors (Lipinski definition) is 2. The lowest BCUT2D eigenvalue weighted by molar-refractivity contribution is 0.108. The van der Waals surface area contributed by atoms with Gasteiger partial charge >= 0.3 is 0 Å². The molecule has 0 atom stereocenters. The van der Waals surface area contributed by atoms with Crippen LogP contribution >= 0.6 is 11.3 Å². The molecule has 1 aromatic heterocycles. The first-order valence-corrected chi connectivity index (χ1v) is 6.48. The molecule has 1 aromatic rings. The van der Waals surface area contributed by atoms with Crippen LogP contribution in [0.5, 0.6) is 0 Å². The van der Waals surface area contributed by atoms with Gasteiger partial charge in [0.25, 0.3) is 0 Å². The molecule has 0 spiro atoms. The van der Waals surface area contributed by atoms with Crippen LogP contribution in [-0.4, -0.2) is 22.7 Å². The molecule has 3 nitrogen and oxygen atoms in total. The number of hydrogen-bond acceptors (Lipinski definition) is 4. The van der Waals surface area contributed by atoms with Crippen LogP contribution < -0.4 is 5.32 Å². The van der Waals surface area contributed by atoms with Crippen molar-refractivity contribution in [3.63, 3.8) is 0 Å². The van der Waals surface area contributed by atoms with E-state index in [2.05, 4.69) is 10.3 Å². The molecule has 1 aliphatic carbocycles. The second-order valence-electron chi connectivity index (χ2n) is 4.27. The SMILES string of the molecule is OC1CCC(CNCc2cncs2)CC1. The lowest BCUT2D eigenvalue weighted by Crippen LogP contribution is -2.27. The van der Waals surface area contributed by atoms with E-state index in [1.54, 1.807) is 11.3 Å². The summed E-state index contributed by atoms with van der Waals surface area (Å²) in [6.45, 7) is 2.01. The van der Waals surface area contributed by atoms with Gasteiger partial charge in [0.2, 0.25) is 0 Å². The fraction of sp³-hybridized carbons (Fsp3) is 0.727. The van der Waals surface area contributed by atoms with Crippen molar-refractivity contribution >= 4 is 11.3 Å². The zero-order valence-corrected chi connectivity index (χ0v) is 9.67. The summed E-state index contributed by atoms with van der Waals surface area (Å²) in [4.78, 5) is 5.34. The second kappa shape index (κ2) is 5.58. The molecule has 1 aliphatic rings. The molecule has 0 aliphatic heterocycles. The van der Waals surface area contributed by atoms with Crippen molar-refractivity contribution in [3.8, 4) is 0 Å². The van der Waals surface area contributed by atoms with Crippen LogP contribution in [0.3, 0.4) is 0 Å². The molecular weight excluding hydrogens is 208 g/mol. The number of nitrogens with one attached hydrogen (secondary N) is 1. The van der Waals surface area contributed by atoms with Crippen LogP contribution in [0.2, 0.25) is 0 Å². The van der Waals surface area contributed by atoms with Gasteiger partial charge in [0.1, 0.15) is 0 Å².